The number of hydrogen-bond donors (Lipinski definition) is 1. The summed E-state index contributed by atoms with van der Waals surface area (Å²) in [6, 6.07) is 6.27. The van der Waals surface area contributed by atoms with Crippen molar-refractivity contribution in [1.29, 1.82) is 0 Å². The largest absolute Gasteiger partial charge is 0.610 e. The van der Waals surface area contributed by atoms with Crippen molar-refractivity contribution in [3.8, 4) is 0 Å². The lowest BCUT2D eigenvalue weighted by atomic mass is 10.1. The van der Waals surface area contributed by atoms with E-state index in [1.807, 2.05) is 19.0 Å². The van der Waals surface area contributed by atoms with Crippen LogP contribution < -0.4 is 10.2 Å². The van der Waals surface area contributed by atoms with Gasteiger partial charge >= 0.3 is 0 Å². The average molecular weight is 224 g/mol. The van der Waals surface area contributed by atoms with Crippen LogP contribution in [0.5, 0.6) is 0 Å². The van der Waals surface area contributed by atoms with Crippen LogP contribution in [0.25, 0.3) is 0 Å². The Morgan fingerprint density at radius 3 is 3.07 bits per heavy atom. The van der Waals surface area contributed by atoms with E-state index in [4.69, 9.17) is 0 Å². The molecule has 3 nitrogen and oxygen atoms in total. The van der Waals surface area contributed by atoms with E-state index in [9.17, 15) is 4.55 Å². The van der Waals surface area contributed by atoms with E-state index in [0.29, 0.717) is 5.88 Å². The highest BCUT2D eigenvalue weighted by molar-refractivity contribution is 7.92. The van der Waals surface area contributed by atoms with Gasteiger partial charge < -0.3 is 14.8 Å². The Kier molecular flexibility index (Phi) is 3.19. The van der Waals surface area contributed by atoms with E-state index >= 15 is 0 Å². The van der Waals surface area contributed by atoms with Crippen molar-refractivity contribution < 1.29 is 4.55 Å². The normalized spacial score (nSPS) is 19.4. The first-order valence-corrected chi connectivity index (χ1v) is 6.41. The predicted octanol–water partition coefficient (Wildman–Crippen LogP) is 0.963. The molecule has 0 aliphatic carbocycles. The summed E-state index contributed by atoms with van der Waals surface area (Å²) >= 11 is -0.838. The van der Waals surface area contributed by atoms with Gasteiger partial charge in [0, 0.05) is 18.2 Å². The molecule has 0 saturated heterocycles. The molecule has 0 fully saturated rings. The first kappa shape index (κ1) is 10.8. The molecule has 0 bridgehead atoms. The Bertz CT molecular complexity index is 356. The molecule has 1 atom stereocenters. The zero-order valence-electron chi connectivity index (χ0n) is 9.12. The van der Waals surface area contributed by atoms with Gasteiger partial charge in [0.25, 0.3) is 0 Å². The summed E-state index contributed by atoms with van der Waals surface area (Å²) in [7, 11) is 3.93. The third-order valence-electron chi connectivity index (χ3n) is 2.66. The van der Waals surface area contributed by atoms with E-state index in [1.165, 1.54) is 5.56 Å². The first-order chi connectivity index (χ1) is 7.22. The van der Waals surface area contributed by atoms with E-state index in [-0.39, 0.29) is 0 Å². The Hall–Kier alpha value is -0.710. The van der Waals surface area contributed by atoms with Crippen molar-refractivity contribution in [2.75, 3.05) is 31.4 Å². The van der Waals surface area contributed by atoms with E-state index in [2.05, 4.69) is 23.5 Å². The smallest absolute Gasteiger partial charge is 0.183 e. The summed E-state index contributed by atoms with van der Waals surface area (Å²) in [6.07, 6.45) is 0.991. The minimum atomic E-state index is -0.838. The highest BCUT2D eigenvalue weighted by atomic mass is 32.2. The lowest BCUT2D eigenvalue weighted by Crippen LogP contribution is -2.16. The second-order valence-corrected chi connectivity index (χ2v) is 5.22. The van der Waals surface area contributed by atoms with Crippen molar-refractivity contribution >= 4 is 16.9 Å². The Morgan fingerprint density at radius 2 is 2.33 bits per heavy atom. The van der Waals surface area contributed by atoms with Crippen LogP contribution in [-0.2, 0) is 17.6 Å². The topological polar surface area (TPSA) is 38.3 Å². The highest BCUT2D eigenvalue weighted by Crippen LogP contribution is 2.33. The van der Waals surface area contributed by atoms with Gasteiger partial charge in [-0.3, -0.25) is 0 Å². The van der Waals surface area contributed by atoms with Gasteiger partial charge in [0.05, 0.1) is 5.69 Å². The molecule has 0 radical (unpaired) electrons. The van der Waals surface area contributed by atoms with Crippen molar-refractivity contribution in [1.82, 2.24) is 5.32 Å². The van der Waals surface area contributed by atoms with Gasteiger partial charge in [0.2, 0.25) is 0 Å². The summed E-state index contributed by atoms with van der Waals surface area (Å²) in [5.74, 6) is 0.630. The summed E-state index contributed by atoms with van der Waals surface area (Å²) in [5.41, 5.74) is 2.37. The fourth-order valence-electron chi connectivity index (χ4n) is 1.80. The number of benzene rings is 1. The van der Waals surface area contributed by atoms with E-state index in [0.717, 1.165) is 23.5 Å². The zero-order chi connectivity index (χ0) is 10.8. The molecule has 1 aromatic rings. The molecule has 0 aromatic heterocycles. The van der Waals surface area contributed by atoms with Crippen LogP contribution in [0.4, 0.5) is 5.69 Å². The maximum atomic E-state index is 11.8. The SMILES string of the molecule is CNCCc1ccc2c(c1)[S+]([O-])CN2C. The summed E-state index contributed by atoms with van der Waals surface area (Å²) in [6.45, 7) is 0.960. The summed E-state index contributed by atoms with van der Waals surface area (Å²) < 4.78 is 11.8. The standard InChI is InChI=1S/C11H16N2OS/c1-12-6-5-9-3-4-10-11(7-9)15(14)8-13(10)2/h3-4,7,12H,5-6,8H2,1-2H3. The molecule has 1 aromatic carbocycles. The Labute approximate surface area is 93.7 Å². The first-order valence-electron chi connectivity index (χ1n) is 5.09. The molecule has 82 valence electrons. The van der Waals surface area contributed by atoms with Gasteiger partial charge in [-0.25, -0.2) is 0 Å². The molecular weight excluding hydrogens is 208 g/mol. The molecule has 1 unspecified atom stereocenters. The van der Waals surface area contributed by atoms with Crippen LogP contribution in [-0.4, -0.2) is 31.1 Å². The second kappa shape index (κ2) is 4.43. The average Bonchev–Trinajstić information content (AvgIpc) is 2.52. The predicted molar refractivity (Wildman–Crippen MR) is 63.8 cm³/mol. The molecule has 1 N–H and O–H groups in total. The van der Waals surface area contributed by atoms with Crippen molar-refractivity contribution in [3.05, 3.63) is 23.8 Å². The van der Waals surface area contributed by atoms with E-state index < -0.39 is 11.2 Å². The van der Waals surface area contributed by atoms with Gasteiger partial charge in [0.1, 0.15) is 0 Å². The monoisotopic (exact) mass is 224 g/mol. The molecule has 15 heavy (non-hydrogen) atoms. The summed E-state index contributed by atoms with van der Waals surface area (Å²) in [5, 5.41) is 3.12. The van der Waals surface area contributed by atoms with Crippen LogP contribution >= 0.6 is 0 Å². The van der Waals surface area contributed by atoms with Gasteiger partial charge in [-0.1, -0.05) is 6.07 Å². The summed E-state index contributed by atoms with van der Waals surface area (Å²) in [4.78, 5) is 3.04. The minimum absolute atomic E-state index is 0.630. The van der Waals surface area contributed by atoms with Gasteiger partial charge in [-0.05, 0) is 37.7 Å². The number of anilines is 1. The maximum absolute atomic E-state index is 11.8. The maximum Gasteiger partial charge on any atom is 0.183 e. The molecule has 0 amide bonds. The Morgan fingerprint density at radius 1 is 1.53 bits per heavy atom. The molecule has 4 heteroatoms. The number of nitrogens with zero attached hydrogens (tertiary/aromatic N) is 1. The molecular formula is C11H16N2OS. The quantitative estimate of drug-likeness (QED) is 0.777. The lowest BCUT2D eigenvalue weighted by Gasteiger charge is -2.07. The number of rotatable bonds is 3. The Balaban J connectivity index is 2.22. The molecule has 1 aliphatic heterocycles. The third-order valence-corrected chi connectivity index (χ3v) is 4.09. The third kappa shape index (κ3) is 2.12. The fourth-order valence-corrected chi connectivity index (χ4v) is 3.17. The lowest BCUT2D eigenvalue weighted by molar-refractivity contribution is 0.598. The van der Waals surface area contributed by atoms with Gasteiger partial charge in [-0.2, -0.15) is 0 Å². The number of likely N-dealkylation sites (N-methyl/N-ethyl adjacent to an activating group) is 1. The molecule has 0 saturated carbocycles. The number of nitrogens with one attached hydrogen (secondary N) is 1. The van der Waals surface area contributed by atoms with Crippen LogP contribution in [0.1, 0.15) is 5.56 Å². The van der Waals surface area contributed by atoms with Crippen molar-refractivity contribution in [3.63, 3.8) is 0 Å². The van der Waals surface area contributed by atoms with Crippen LogP contribution in [0, 0.1) is 0 Å². The number of fused-ring (bicyclic) bond motifs is 1. The molecule has 1 aliphatic rings. The van der Waals surface area contributed by atoms with Crippen molar-refractivity contribution in [2.24, 2.45) is 0 Å². The second-order valence-electron chi connectivity index (χ2n) is 3.83. The molecule has 0 spiro atoms. The number of hydrogen-bond acceptors (Lipinski definition) is 3. The fraction of sp³-hybridized carbons (Fsp3) is 0.455. The highest BCUT2D eigenvalue weighted by Gasteiger charge is 2.28. The van der Waals surface area contributed by atoms with Gasteiger partial charge in [-0.15, -0.1) is 0 Å². The van der Waals surface area contributed by atoms with Gasteiger partial charge in [0.15, 0.2) is 10.8 Å². The molecule has 1 heterocycles. The zero-order valence-corrected chi connectivity index (χ0v) is 9.93. The van der Waals surface area contributed by atoms with Crippen LogP contribution in [0.15, 0.2) is 23.1 Å². The van der Waals surface area contributed by atoms with Crippen LogP contribution in [0.3, 0.4) is 0 Å². The minimum Gasteiger partial charge on any atom is -0.610 e. The van der Waals surface area contributed by atoms with Crippen LogP contribution in [0.2, 0.25) is 0 Å². The van der Waals surface area contributed by atoms with E-state index in [1.54, 1.807) is 0 Å². The van der Waals surface area contributed by atoms with Crippen molar-refractivity contribution in [2.45, 2.75) is 11.3 Å². The molecule has 2 rings (SSSR count).